The van der Waals surface area contributed by atoms with Crippen molar-refractivity contribution < 1.29 is 13.2 Å². The van der Waals surface area contributed by atoms with E-state index in [-0.39, 0.29) is 23.8 Å². The number of sulfonamides is 1. The summed E-state index contributed by atoms with van der Waals surface area (Å²) in [6, 6.07) is 0.380. The van der Waals surface area contributed by atoms with Gasteiger partial charge in [0.05, 0.1) is 12.4 Å². The molecule has 0 aromatic heterocycles. The second-order valence-corrected chi connectivity index (χ2v) is 8.64. The molecule has 3 rings (SSSR count). The Morgan fingerprint density at radius 2 is 1.85 bits per heavy atom. The molecule has 1 aliphatic heterocycles. The van der Waals surface area contributed by atoms with Crippen LogP contribution in [0.3, 0.4) is 0 Å². The van der Waals surface area contributed by atoms with Gasteiger partial charge in [-0.05, 0) is 49.9 Å². The fourth-order valence-corrected chi connectivity index (χ4v) is 6.04. The van der Waals surface area contributed by atoms with Gasteiger partial charge in [-0.1, -0.05) is 6.42 Å². The molecule has 0 radical (unpaired) electrons. The normalized spacial score (nSPS) is 41.8. The molecule has 0 aromatic rings. The van der Waals surface area contributed by atoms with Gasteiger partial charge in [-0.3, -0.25) is 0 Å². The van der Waals surface area contributed by atoms with Crippen LogP contribution in [-0.4, -0.2) is 39.5 Å². The fraction of sp³-hybridized carbons (Fsp3) is 1.00. The molecular formula is C14H26N2O3S. The lowest BCUT2D eigenvalue weighted by Gasteiger charge is -2.45. The van der Waals surface area contributed by atoms with Crippen LogP contribution in [0.1, 0.15) is 38.5 Å². The van der Waals surface area contributed by atoms with Gasteiger partial charge in [0.15, 0.2) is 0 Å². The van der Waals surface area contributed by atoms with E-state index in [1.54, 1.807) is 0 Å². The molecule has 6 heteroatoms. The average molecular weight is 302 g/mol. The topological polar surface area (TPSA) is 81.4 Å². The Morgan fingerprint density at radius 1 is 1.15 bits per heavy atom. The summed E-state index contributed by atoms with van der Waals surface area (Å²) < 4.78 is 33.0. The van der Waals surface area contributed by atoms with Crippen molar-refractivity contribution in [1.29, 1.82) is 0 Å². The molecule has 1 saturated heterocycles. The molecule has 3 N–H and O–H groups in total. The maximum absolute atomic E-state index is 12.4. The van der Waals surface area contributed by atoms with Crippen LogP contribution in [0, 0.1) is 17.8 Å². The highest BCUT2D eigenvalue weighted by atomic mass is 32.2. The third kappa shape index (κ3) is 3.35. The van der Waals surface area contributed by atoms with Crippen LogP contribution in [0.25, 0.3) is 0 Å². The van der Waals surface area contributed by atoms with Crippen LogP contribution in [0.5, 0.6) is 0 Å². The van der Waals surface area contributed by atoms with Crippen molar-refractivity contribution in [2.24, 2.45) is 23.5 Å². The Labute approximate surface area is 121 Å². The quantitative estimate of drug-likeness (QED) is 0.806. The Kier molecular flexibility index (Phi) is 4.36. The summed E-state index contributed by atoms with van der Waals surface area (Å²) in [6.07, 6.45) is 6.25. The van der Waals surface area contributed by atoms with E-state index in [4.69, 9.17) is 10.5 Å². The van der Waals surface area contributed by atoms with Crippen LogP contribution < -0.4 is 10.5 Å². The zero-order valence-corrected chi connectivity index (χ0v) is 12.8. The lowest BCUT2D eigenvalue weighted by Crippen LogP contribution is -2.54. The van der Waals surface area contributed by atoms with Gasteiger partial charge in [0.1, 0.15) is 0 Å². The number of hydrogen-bond acceptors (Lipinski definition) is 4. The molecule has 3 atom stereocenters. The molecular weight excluding hydrogens is 276 g/mol. The highest BCUT2D eigenvalue weighted by molar-refractivity contribution is 7.89. The summed E-state index contributed by atoms with van der Waals surface area (Å²) in [5.74, 6) is 1.26. The molecule has 3 unspecified atom stereocenters. The van der Waals surface area contributed by atoms with Crippen molar-refractivity contribution in [1.82, 2.24) is 4.72 Å². The zero-order valence-electron chi connectivity index (χ0n) is 12.0. The fourth-order valence-electron chi connectivity index (χ4n) is 4.26. The van der Waals surface area contributed by atoms with Gasteiger partial charge in [-0.2, -0.15) is 0 Å². The minimum atomic E-state index is -3.19. The second-order valence-electron chi connectivity index (χ2n) is 6.84. The van der Waals surface area contributed by atoms with Gasteiger partial charge in [-0.25, -0.2) is 13.1 Å². The first-order valence-electron chi connectivity index (χ1n) is 7.87. The van der Waals surface area contributed by atoms with Gasteiger partial charge in [0.25, 0.3) is 0 Å². The summed E-state index contributed by atoms with van der Waals surface area (Å²) in [5, 5.41) is 0. The largest absolute Gasteiger partial charge is 0.381 e. The van der Waals surface area contributed by atoms with Gasteiger partial charge >= 0.3 is 0 Å². The molecule has 0 aromatic carbocycles. The molecule has 5 nitrogen and oxygen atoms in total. The van der Waals surface area contributed by atoms with E-state index in [9.17, 15) is 8.42 Å². The number of rotatable bonds is 4. The predicted molar refractivity (Wildman–Crippen MR) is 77.7 cm³/mol. The van der Waals surface area contributed by atoms with Crippen molar-refractivity contribution in [3.05, 3.63) is 0 Å². The first-order chi connectivity index (χ1) is 9.53. The van der Waals surface area contributed by atoms with Crippen LogP contribution in [-0.2, 0) is 14.8 Å². The van der Waals surface area contributed by atoms with Crippen molar-refractivity contribution in [2.45, 2.75) is 50.6 Å². The molecule has 2 saturated carbocycles. The van der Waals surface area contributed by atoms with Gasteiger partial charge in [-0.15, -0.1) is 0 Å². The van der Waals surface area contributed by atoms with Crippen LogP contribution in [0.15, 0.2) is 0 Å². The van der Waals surface area contributed by atoms with E-state index in [2.05, 4.69) is 4.72 Å². The Bertz CT molecular complexity index is 420. The summed E-state index contributed by atoms with van der Waals surface area (Å²) in [4.78, 5) is 0. The predicted octanol–water partition coefficient (Wildman–Crippen LogP) is 0.848. The summed E-state index contributed by atoms with van der Waals surface area (Å²) >= 11 is 0. The number of ether oxygens (including phenoxy) is 1. The van der Waals surface area contributed by atoms with E-state index in [1.165, 1.54) is 6.42 Å². The van der Waals surface area contributed by atoms with E-state index in [0.29, 0.717) is 25.0 Å². The first kappa shape index (κ1) is 14.8. The van der Waals surface area contributed by atoms with E-state index in [0.717, 1.165) is 32.1 Å². The van der Waals surface area contributed by atoms with Gasteiger partial charge in [0.2, 0.25) is 10.0 Å². The average Bonchev–Trinajstić information content (AvgIpc) is 2.82. The number of nitrogens with one attached hydrogen (secondary N) is 1. The summed E-state index contributed by atoms with van der Waals surface area (Å²) in [6.45, 7) is 1.28. The third-order valence-corrected chi connectivity index (χ3v) is 6.71. The minimum Gasteiger partial charge on any atom is -0.381 e. The van der Waals surface area contributed by atoms with E-state index in [1.807, 2.05) is 0 Å². The highest BCUT2D eigenvalue weighted by Crippen LogP contribution is 2.40. The molecule has 3 fully saturated rings. The monoisotopic (exact) mass is 302 g/mol. The lowest BCUT2D eigenvalue weighted by molar-refractivity contribution is 0.125. The minimum absolute atomic E-state index is 0.121. The third-order valence-electron chi connectivity index (χ3n) is 5.17. The van der Waals surface area contributed by atoms with Gasteiger partial charge < -0.3 is 10.5 Å². The second kappa shape index (κ2) is 5.91. The van der Waals surface area contributed by atoms with E-state index >= 15 is 0 Å². The number of hydrogen-bond donors (Lipinski definition) is 2. The van der Waals surface area contributed by atoms with Crippen molar-refractivity contribution in [2.75, 3.05) is 19.0 Å². The number of nitrogens with two attached hydrogens (primary N) is 1. The van der Waals surface area contributed by atoms with Crippen molar-refractivity contribution in [3.8, 4) is 0 Å². The van der Waals surface area contributed by atoms with Crippen molar-refractivity contribution >= 4 is 10.0 Å². The molecule has 2 bridgehead atoms. The zero-order chi connectivity index (χ0) is 14.2. The summed E-state index contributed by atoms with van der Waals surface area (Å²) in [5.41, 5.74) is 6.09. The SMILES string of the molecule is NC1CC2CCCC(C1)C2NS(=O)(=O)CC1CCOC1. The smallest absolute Gasteiger partial charge is 0.212 e. The van der Waals surface area contributed by atoms with Crippen LogP contribution in [0.4, 0.5) is 0 Å². The first-order valence-corrected chi connectivity index (χ1v) is 9.52. The lowest BCUT2D eigenvalue weighted by atomic mass is 9.67. The molecule has 0 spiro atoms. The maximum atomic E-state index is 12.4. The summed E-state index contributed by atoms with van der Waals surface area (Å²) in [7, 11) is -3.19. The standard InChI is InChI=1S/C14H26N2O3S/c15-13-6-11-2-1-3-12(7-13)14(11)16-20(17,18)9-10-4-5-19-8-10/h10-14,16H,1-9,15H2. The number of fused-ring (bicyclic) bond motifs is 2. The Hall–Kier alpha value is -0.170. The molecule has 116 valence electrons. The Balaban J connectivity index is 1.63. The molecule has 20 heavy (non-hydrogen) atoms. The van der Waals surface area contributed by atoms with Gasteiger partial charge in [0, 0.05) is 18.7 Å². The van der Waals surface area contributed by atoms with E-state index < -0.39 is 10.0 Å². The molecule has 3 aliphatic rings. The van der Waals surface area contributed by atoms with Crippen LogP contribution >= 0.6 is 0 Å². The van der Waals surface area contributed by atoms with Crippen molar-refractivity contribution in [3.63, 3.8) is 0 Å². The molecule has 1 heterocycles. The Morgan fingerprint density at radius 3 is 2.45 bits per heavy atom. The molecule has 2 aliphatic carbocycles. The van der Waals surface area contributed by atoms with Crippen LogP contribution in [0.2, 0.25) is 0 Å². The maximum Gasteiger partial charge on any atom is 0.212 e. The highest BCUT2D eigenvalue weighted by Gasteiger charge is 2.41. The molecule has 0 amide bonds.